The number of allylic oxidation sites excluding steroid dienone is 5. The minimum absolute atomic E-state index is 0.385. The summed E-state index contributed by atoms with van der Waals surface area (Å²) < 4.78 is 0. The average molecular weight is 413 g/mol. The third-order valence-corrected chi connectivity index (χ3v) is 8.71. The van der Waals surface area contributed by atoms with Crippen molar-refractivity contribution >= 4 is 0 Å². The van der Waals surface area contributed by atoms with Gasteiger partial charge in [0.1, 0.15) is 0 Å². The lowest BCUT2D eigenvalue weighted by Gasteiger charge is -2.44. The van der Waals surface area contributed by atoms with E-state index < -0.39 is 12.2 Å². The van der Waals surface area contributed by atoms with E-state index in [0.717, 1.165) is 17.1 Å². The van der Waals surface area contributed by atoms with Crippen LogP contribution in [0, 0.1) is 35.0 Å². The molecule has 3 aliphatic carbocycles. The van der Waals surface area contributed by atoms with E-state index in [-0.39, 0.29) is 0 Å². The number of aliphatic hydroxyl groups excluding tert-OH is 2. The zero-order valence-corrected chi connectivity index (χ0v) is 19.9. The van der Waals surface area contributed by atoms with Crippen molar-refractivity contribution in [3.8, 4) is 0 Å². The minimum atomic E-state index is -0.605. The second kappa shape index (κ2) is 9.57. The summed E-state index contributed by atoms with van der Waals surface area (Å²) in [5.41, 5.74) is 3.77. The molecule has 3 rings (SSSR count). The van der Waals surface area contributed by atoms with Gasteiger partial charge < -0.3 is 10.2 Å². The van der Waals surface area contributed by atoms with Gasteiger partial charge in [0.15, 0.2) is 0 Å². The molecule has 0 spiro atoms. The van der Waals surface area contributed by atoms with Gasteiger partial charge in [-0.2, -0.15) is 0 Å². The predicted octanol–water partition coefficient (Wildman–Crippen LogP) is 6.61. The third-order valence-electron chi connectivity index (χ3n) is 8.71. The Labute approximate surface area is 184 Å². The molecule has 0 aromatic rings. The summed E-state index contributed by atoms with van der Waals surface area (Å²) in [6, 6.07) is 0. The fourth-order valence-corrected chi connectivity index (χ4v) is 6.32. The van der Waals surface area contributed by atoms with E-state index in [9.17, 15) is 10.2 Å². The SMILES string of the molecule is C=C1/C(=C\C=C2\CCC[C@]3(C)[C@@H]2CC[C@@H]3[C@H](C)/C=C/[C@@H](C)C(C)C)C[C@@H](O)C[C@@H]1O. The highest BCUT2D eigenvalue weighted by Crippen LogP contribution is 2.59. The van der Waals surface area contributed by atoms with Crippen LogP contribution >= 0.6 is 0 Å². The lowest BCUT2D eigenvalue weighted by Crippen LogP contribution is -2.35. The Balaban J connectivity index is 1.76. The molecule has 0 aliphatic heterocycles. The van der Waals surface area contributed by atoms with Crippen LogP contribution in [0.15, 0.2) is 47.6 Å². The second-order valence-corrected chi connectivity index (χ2v) is 11.0. The van der Waals surface area contributed by atoms with Crippen molar-refractivity contribution in [2.24, 2.45) is 35.0 Å². The van der Waals surface area contributed by atoms with Crippen molar-refractivity contribution in [3.05, 3.63) is 47.6 Å². The summed E-state index contributed by atoms with van der Waals surface area (Å²) in [5, 5.41) is 20.2. The van der Waals surface area contributed by atoms with Crippen molar-refractivity contribution in [2.75, 3.05) is 0 Å². The van der Waals surface area contributed by atoms with Crippen LogP contribution in [0.2, 0.25) is 0 Å². The Morgan fingerprint density at radius 3 is 2.50 bits per heavy atom. The summed E-state index contributed by atoms with van der Waals surface area (Å²) in [7, 11) is 0. The number of fused-ring (bicyclic) bond motifs is 1. The van der Waals surface area contributed by atoms with E-state index in [1.165, 1.54) is 32.1 Å². The molecular formula is C28H44O2. The standard InChI is InChI=1S/C28H44O2/c1-18(2)19(3)9-10-20(4)25-13-14-26-22(8-7-15-28(25,26)6)11-12-23-16-24(29)17-27(30)21(23)5/h9-12,18-20,24-27,29-30H,5,7-8,13-17H2,1-4,6H3/b10-9+,22-11-,23-12-/t19-,20-,24-,25-,26-,27+,28+/m1/s1. The maximum absolute atomic E-state index is 10.1. The van der Waals surface area contributed by atoms with E-state index >= 15 is 0 Å². The van der Waals surface area contributed by atoms with Crippen LogP contribution < -0.4 is 0 Å². The predicted molar refractivity (Wildman–Crippen MR) is 127 cm³/mol. The van der Waals surface area contributed by atoms with Crippen LogP contribution in [0.5, 0.6) is 0 Å². The molecule has 0 amide bonds. The summed E-state index contributed by atoms with van der Waals surface area (Å²) in [6.07, 6.45) is 15.8. The van der Waals surface area contributed by atoms with E-state index in [0.29, 0.717) is 41.9 Å². The fourth-order valence-electron chi connectivity index (χ4n) is 6.32. The van der Waals surface area contributed by atoms with Gasteiger partial charge in [0.25, 0.3) is 0 Å². The van der Waals surface area contributed by atoms with Crippen molar-refractivity contribution in [2.45, 2.75) is 91.8 Å². The molecule has 7 atom stereocenters. The number of rotatable bonds is 5. The van der Waals surface area contributed by atoms with Crippen molar-refractivity contribution in [1.82, 2.24) is 0 Å². The molecule has 30 heavy (non-hydrogen) atoms. The largest absolute Gasteiger partial charge is 0.393 e. The van der Waals surface area contributed by atoms with Crippen LogP contribution in [0.3, 0.4) is 0 Å². The van der Waals surface area contributed by atoms with E-state index in [1.807, 2.05) is 0 Å². The highest BCUT2D eigenvalue weighted by atomic mass is 16.3. The van der Waals surface area contributed by atoms with Crippen LogP contribution in [0.25, 0.3) is 0 Å². The Kier molecular flexibility index (Phi) is 7.51. The quantitative estimate of drug-likeness (QED) is 0.499. The van der Waals surface area contributed by atoms with Gasteiger partial charge in [-0.3, -0.25) is 0 Å². The molecule has 168 valence electrons. The van der Waals surface area contributed by atoms with Gasteiger partial charge in [-0.05, 0) is 84.7 Å². The first-order chi connectivity index (χ1) is 14.1. The van der Waals surface area contributed by atoms with Crippen LogP contribution in [0.4, 0.5) is 0 Å². The highest BCUT2D eigenvalue weighted by molar-refractivity contribution is 5.38. The third kappa shape index (κ3) is 4.86. The molecule has 3 fully saturated rings. The van der Waals surface area contributed by atoms with E-state index in [2.05, 4.69) is 65.5 Å². The zero-order valence-electron chi connectivity index (χ0n) is 19.9. The average Bonchev–Trinajstić information content (AvgIpc) is 3.04. The second-order valence-electron chi connectivity index (χ2n) is 11.0. The summed E-state index contributed by atoms with van der Waals surface area (Å²) in [5.74, 6) is 3.38. The minimum Gasteiger partial charge on any atom is -0.393 e. The van der Waals surface area contributed by atoms with E-state index in [4.69, 9.17) is 0 Å². The van der Waals surface area contributed by atoms with Gasteiger partial charge in [-0.15, -0.1) is 0 Å². The molecule has 0 heterocycles. The molecule has 3 aliphatic rings. The Morgan fingerprint density at radius 1 is 1.07 bits per heavy atom. The fraction of sp³-hybridized carbons (Fsp3) is 0.714. The molecule has 0 aromatic heterocycles. The first kappa shape index (κ1) is 23.5. The Morgan fingerprint density at radius 2 is 1.80 bits per heavy atom. The maximum atomic E-state index is 10.1. The van der Waals surface area contributed by atoms with Crippen molar-refractivity contribution in [1.29, 1.82) is 0 Å². The maximum Gasteiger partial charge on any atom is 0.0811 e. The first-order valence-corrected chi connectivity index (χ1v) is 12.3. The topological polar surface area (TPSA) is 40.5 Å². The van der Waals surface area contributed by atoms with Crippen molar-refractivity contribution in [3.63, 3.8) is 0 Å². The molecule has 2 nitrogen and oxygen atoms in total. The van der Waals surface area contributed by atoms with Gasteiger partial charge in [0.05, 0.1) is 12.2 Å². The molecule has 2 heteroatoms. The van der Waals surface area contributed by atoms with Crippen LogP contribution in [0.1, 0.15) is 79.6 Å². The molecule has 0 saturated heterocycles. The Bertz CT molecular complexity index is 712. The lowest BCUT2D eigenvalue weighted by molar-refractivity contribution is 0.0862. The van der Waals surface area contributed by atoms with Crippen LogP contribution in [-0.4, -0.2) is 22.4 Å². The molecule has 0 radical (unpaired) electrons. The van der Waals surface area contributed by atoms with Crippen LogP contribution in [-0.2, 0) is 0 Å². The number of aliphatic hydroxyl groups is 2. The normalized spacial score (nSPS) is 39.8. The smallest absolute Gasteiger partial charge is 0.0811 e. The number of hydrogen-bond donors (Lipinski definition) is 2. The summed E-state index contributed by atoms with van der Waals surface area (Å²) >= 11 is 0. The van der Waals surface area contributed by atoms with Gasteiger partial charge >= 0.3 is 0 Å². The summed E-state index contributed by atoms with van der Waals surface area (Å²) in [4.78, 5) is 0. The summed E-state index contributed by atoms with van der Waals surface area (Å²) in [6.45, 7) is 16.0. The Hall–Kier alpha value is -1.12. The van der Waals surface area contributed by atoms with Gasteiger partial charge in [-0.1, -0.05) is 71.1 Å². The first-order valence-electron chi connectivity index (χ1n) is 12.3. The molecule has 0 bridgehead atoms. The lowest BCUT2D eigenvalue weighted by atomic mass is 9.61. The molecule has 0 aromatic carbocycles. The molecular weight excluding hydrogens is 368 g/mol. The van der Waals surface area contributed by atoms with Crippen molar-refractivity contribution < 1.29 is 10.2 Å². The molecule has 2 N–H and O–H groups in total. The van der Waals surface area contributed by atoms with E-state index in [1.54, 1.807) is 5.57 Å². The number of hydrogen-bond acceptors (Lipinski definition) is 2. The van der Waals surface area contributed by atoms with Gasteiger partial charge in [-0.25, -0.2) is 0 Å². The van der Waals surface area contributed by atoms with Gasteiger partial charge in [0, 0.05) is 6.42 Å². The monoisotopic (exact) mass is 412 g/mol. The molecule has 0 unspecified atom stereocenters. The zero-order chi connectivity index (χ0) is 22.1. The highest BCUT2D eigenvalue weighted by Gasteiger charge is 2.50. The van der Waals surface area contributed by atoms with Gasteiger partial charge in [0.2, 0.25) is 0 Å². The molecule has 3 saturated carbocycles.